The zero-order valence-electron chi connectivity index (χ0n) is 17.7. The van der Waals surface area contributed by atoms with Gasteiger partial charge in [-0.1, -0.05) is 31.2 Å². The lowest BCUT2D eigenvalue weighted by atomic mass is 9.96. The van der Waals surface area contributed by atoms with Crippen LogP contribution in [0.3, 0.4) is 0 Å². The van der Waals surface area contributed by atoms with Crippen LogP contribution in [0.1, 0.15) is 23.6 Å². The normalized spacial score (nSPS) is 12.6. The van der Waals surface area contributed by atoms with Gasteiger partial charge in [0.05, 0.1) is 23.2 Å². The van der Waals surface area contributed by atoms with Gasteiger partial charge in [0.1, 0.15) is 12.4 Å². The molecule has 8 heteroatoms. The van der Waals surface area contributed by atoms with Crippen molar-refractivity contribution in [2.45, 2.75) is 26.1 Å². The van der Waals surface area contributed by atoms with Gasteiger partial charge in [-0.3, -0.25) is 9.89 Å². The van der Waals surface area contributed by atoms with E-state index in [0.717, 1.165) is 39.7 Å². The lowest BCUT2D eigenvalue weighted by molar-refractivity contribution is -0.141. The quantitative estimate of drug-likeness (QED) is 0.354. The molecule has 1 unspecified atom stereocenters. The molecule has 0 aliphatic heterocycles. The first-order valence-electron chi connectivity index (χ1n) is 10.3. The number of rotatable bonds is 7. The summed E-state index contributed by atoms with van der Waals surface area (Å²) in [5.41, 5.74) is 3.23. The van der Waals surface area contributed by atoms with Crippen LogP contribution < -0.4 is 4.74 Å². The molecule has 0 saturated carbocycles. The smallest absolute Gasteiger partial charge is 0.416 e. The number of aromatic nitrogens is 2. The summed E-state index contributed by atoms with van der Waals surface area (Å²) in [6, 6.07) is 16.1. The number of nitrogens with zero attached hydrogens (tertiary/aromatic N) is 1. The lowest BCUT2D eigenvalue weighted by Gasteiger charge is -2.15. The molecular weight excluding hydrogens is 433 g/mol. The average Bonchev–Trinajstić information content (AvgIpc) is 3.25. The Bertz CT molecular complexity index is 1280. The van der Waals surface area contributed by atoms with Gasteiger partial charge in [-0.25, -0.2) is 0 Å². The van der Waals surface area contributed by atoms with E-state index >= 15 is 0 Å². The van der Waals surface area contributed by atoms with E-state index in [1.165, 1.54) is 12.1 Å². The fourth-order valence-electron chi connectivity index (χ4n) is 3.56. The Kier molecular flexibility index (Phi) is 6.09. The Balaban J connectivity index is 1.64. The van der Waals surface area contributed by atoms with Crippen molar-refractivity contribution in [2.75, 3.05) is 0 Å². The van der Waals surface area contributed by atoms with Crippen molar-refractivity contribution in [3.05, 3.63) is 83.6 Å². The number of benzene rings is 3. The predicted molar refractivity (Wildman–Crippen MR) is 118 cm³/mol. The molecule has 0 amide bonds. The zero-order valence-corrected chi connectivity index (χ0v) is 17.7. The van der Waals surface area contributed by atoms with Gasteiger partial charge < -0.3 is 9.84 Å². The monoisotopic (exact) mass is 454 g/mol. The number of carboxylic acid groups (broad SMARTS) is 1. The summed E-state index contributed by atoms with van der Waals surface area (Å²) >= 11 is 0. The topological polar surface area (TPSA) is 75.2 Å². The molecule has 4 aromatic rings. The van der Waals surface area contributed by atoms with Crippen molar-refractivity contribution in [1.82, 2.24) is 10.2 Å². The summed E-state index contributed by atoms with van der Waals surface area (Å²) in [6.07, 6.45) is -2.32. The minimum absolute atomic E-state index is 0.0873. The first-order valence-corrected chi connectivity index (χ1v) is 10.3. The van der Waals surface area contributed by atoms with Gasteiger partial charge in [0.2, 0.25) is 0 Å². The summed E-state index contributed by atoms with van der Waals surface area (Å²) in [6.45, 7) is 1.73. The van der Waals surface area contributed by atoms with Crippen molar-refractivity contribution in [3.63, 3.8) is 0 Å². The molecule has 1 heterocycles. The Morgan fingerprint density at radius 1 is 1.06 bits per heavy atom. The molecule has 0 saturated heterocycles. The SMILES string of the molecule is CC(Cc1ccc(OCc2ccc(C(F)(F)F)cc2)c(-c2ccc3[nH]ncc3c2)c1)C(=O)O. The van der Waals surface area contributed by atoms with Crippen molar-refractivity contribution in [1.29, 1.82) is 0 Å². The molecule has 0 spiro atoms. The number of ether oxygens (including phenoxy) is 1. The Labute approximate surface area is 187 Å². The number of H-pyrrole nitrogens is 1. The van der Waals surface area contributed by atoms with Crippen molar-refractivity contribution in [3.8, 4) is 16.9 Å². The number of aromatic amines is 1. The van der Waals surface area contributed by atoms with E-state index in [0.29, 0.717) is 17.7 Å². The molecule has 2 N–H and O–H groups in total. The first-order chi connectivity index (χ1) is 15.7. The molecular formula is C25H21F3N2O3. The van der Waals surface area contributed by atoms with Crippen LogP contribution in [0.15, 0.2) is 66.9 Å². The summed E-state index contributed by atoms with van der Waals surface area (Å²) in [7, 11) is 0. The minimum atomic E-state index is -4.39. The molecule has 0 bridgehead atoms. The van der Waals surface area contributed by atoms with Crippen molar-refractivity contribution >= 4 is 16.9 Å². The number of hydrogen-bond donors (Lipinski definition) is 2. The highest BCUT2D eigenvalue weighted by molar-refractivity contribution is 5.85. The Morgan fingerprint density at radius 2 is 1.79 bits per heavy atom. The summed E-state index contributed by atoms with van der Waals surface area (Å²) < 4.78 is 44.4. The van der Waals surface area contributed by atoms with Crippen molar-refractivity contribution < 1.29 is 27.8 Å². The van der Waals surface area contributed by atoms with E-state index in [-0.39, 0.29) is 6.61 Å². The van der Waals surface area contributed by atoms with Gasteiger partial charge in [0.25, 0.3) is 0 Å². The fraction of sp³-hybridized carbons (Fsp3) is 0.200. The highest BCUT2D eigenvalue weighted by atomic mass is 19.4. The summed E-state index contributed by atoms with van der Waals surface area (Å²) in [5.74, 6) is -0.878. The minimum Gasteiger partial charge on any atom is -0.488 e. The molecule has 170 valence electrons. The maximum absolute atomic E-state index is 12.8. The second-order valence-electron chi connectivity index (χ2n) is 7.93. The van der Waals surface area contributed by atoms with Gasteiger partial charge >= 0.3 is 12.1 Å². The highest BCUT2D eigenvalue weighted by Gasteiger charge is 2.29. The van der Waals surface area contributed by atoms with Gasteiger partial charge in [-0.2, -0.15) is 18.3 Å². The number of aliphatic carboxylic acids is 1. The lowest BCUT2D eigenvalue weighted by Crippen LogP contribution is -2.12. The molecule has 4 rings (SSSR count). The molecule has 0 aliphatic carbocycles. The van der Waals surface area contributed by atoms with E-state index in [2.05, 4.69) is 10.2 Å². The number of alkyl halides is 3. The average molecular weight is 454 g/mol. The number of hydrogen-bond acceptors (Lipinski definition) is 3. The van der Waals surface area contributed by atoms with Crippen LogP contribution in [-0.4, -0.2) is 21.3 Å². The third kappa shape index (κ3) is 5.16. The molecule has 0 fully saturated rings. The van der Waals surface area contributed by atoms with Crippen LogP contribution in [0.4, 0.5) is 13.2 Å². The second-order valence-corrected chi connectivity index (χ2v) is 7.93. The third-order valence-corrected chi connectivity index (χ3v) is 5.43. The molecule has 1 atom stereocenters. The number of nitrogens with one attached hydrogen (secondary N) is 1. The van der Waals surface area contributed by atoms with Crippen molar-refractivity contribution in [2.24, 2.45) is 5.92 Å². The van der Waals surface area contributed by atoms with Gasteiger partial charge in [-0.05, 0) is 59.5 Å². The standard InChI is InChI=1S/C25H21F3N2O3/c1-15(24(31)32)10-17-4-9-23(33-14-16-2-6-20(7-3-16)25(26,27)28)21(11-17)18-5-8-22-19(12-18)13-29-30-22/h2-9,11-13,15H,10,14H2,1H3,(H,29,30)(H,31,32). The second kappa shape index (κ2) is 8.97. The predicted octanol–water partition coefficient (Wildman–Crippen LogP) is 6.09. The van der Waals surface area contributed by atoms with E-state index in [1.807, 2.05) is 24.3 Å². The van der Waals surface area contributed by atoms with E-state index in [9.17, 15) is 23.1 Å². The van der Waals surface area contributed by atoms with Gasteiger partial charge in [0, 0.05) is 10.9 Å². The van der Waals surface area contributed by atoms with E-state index in [4.69, 9.17) is 4.74 Å². The maximum Gasteiger partial charge on any atom is 0.416 e. The first kappa shape index (κ1) is 22.4. The number of fused-ring (bicyclic) bond motifs is 1. The van der Waals surface area contributed by atoms with E-state index in [1.54, 1.807) is 25.3 Å². The molecule has 3 aromatic carbocycles. The number of carboxylic acids is 1. The molecule has 5 nitrogen and oxygen atoms in total. The Hall–Kier alpha value is -3.81. The summed E-state index contributed by atoms with van der Waals surface area (Å²) in [5, 5.41) is 17.1. The number of halogens is 3. The molecule has 33 heavy (non-hydrogen) atoms. The fourth-order valence-corrected chi connectivity index (χ4v) is 3.56. The van der Waals surface area contributed by atoms with Crippen LogP contribution in [0.25, 0.3) is 22.0 Å². The Morgan fingerprint density at radius 3 is 2.48 bits per heavy atom. The van der Waals surface area contributed by atoms with Crippen LogP contribution in [0, 0.1) is 5.92 Å². The van der Waals surface area contributed by atoms with Crippen LogP contribution >= 0.6 is 0 Å². The molecule has 0 aliphatic rings. The molecule has 1 aromatic heterocycles. The summed E-state index contributed by atoms with van der Waals surface area (Å²) in [4.78, 5) is 11.3. The zero-order chi connectivity index (χ0) is 23.6. The van der Waals surface area contributed by atoms with Crippen LogP contribution in [-0.2, 0) is 24.0 Å². The third-order valence-electron chi connectivity index (χ3n) is 5.43. The maximum atomic E-state index is 12.8. The van der Waals surface area contributed by atoms with Crippen LogP contribution in [0.2, 0.25) is 0 Å². The number of carbonyl (C=O) groups is 1. The van der Waals surface area contributed by atoms with Gasteiger partial charge in [0.15, 0.2) is 0 Å². The highest BCUT2D eigenvalue weighted by Crippen LogP contribution is 2.34. The van der Waals surface area contributed by atoms with Gasteiger partial charge in [-0.15, -0.1) is 0 Å². The largest absolute Gasteiger partial charge is 0.488 e. The molecule has 0 radical (unpaired) electrons. The van der Waals surface area contributed by atoms with E-state index < -0.39 is 23.6 Å². The van der Waals surface area contributed by atoms with Crippen LogP contribution in [0.5, 0.6) is 5.75 Å².